The van der Waals surface area contributed by atoms with Crippen LogP contribution >= 0.6 is 15.9 Å². The van der Waals surface area contributed by atoms with Gasteiger partial charge in [0.15, 0.2) is 0 Å². The molecule has 100 valence electrons. The van der Waals surface area contributed by atoms with Crippen molar-refractivity contribution in [1.82, 2.24) is 5.32 Å². The van der Waals surface area contributed by atoms with E-state index in [2.05, 4.69) is 35.1 Å². The SMILES string of the molecule is CC(CNC1CC1)C(C)Cc1cc(F)cc(Br)c1. The van der Waals surface area contributed by atoms with Crippen molar-refractivity contribution in [3.8, 4) is 0 Å². The molecule has 0 aliphatic heterocycles. The molecule has 1 N–H and O–H groups in total. The van der Waals surface area contributed by atoms with Gasteiger partial charge in [-0.2, -0.15) is 0 Å². The van der Waals surface area contributed by atoms with Crippen molar-refractivity contribution in [3.63, 3.8) is 0 Å². The van der Waals surface area contributed by atoms with Crippen molar-refractivity contribution in [1.29, 1.82) is 0 Å². The molecule has 2 atom stereocenters. The maximum absolute atomic E-state index is 13.3. The van der Waals surface area contributed by atoms with Crippen LogP contribution in [0.1, 0.15) is 32.3 Å². The van der Waals surface area contributed by atoms with Gasteiger partial charge in [-0.25, -0.2) is 4.39 Å². The zero-order valence-electron chi connectivity index (χ0n) is 11.0. The van der Waals surface area contributed by atoms with E-state index in [1.807, 2.05) is 6.07 Å². The lowest BCUT2D eigenvalue weighted by molar-refractivity contribution is 0.363. The van der Waals surface area contributed by atoms with Crippen molar-refractivity contribution in [3.05, 3.63) is 34.1 Å². The van der Waals surface area contributed by atoms with Gasteiger partial charge in [0.2, 0.25) is 0 Å². The van der Waals surface area contributed by atoms with Gasteiger partial charge in [-0.1, -0.05) is 29.8 Å². The first kappa shape index (κ1) is 14.0. The summed E-state index contributed by atoms with van der Waals surface area (Å²) in [5.41, 5.74) is 1.08. The summed E-state index contributed by atoms with van der Waals surface area (Å²) >= 11 is 3.35. The summed E-state index contributed by atoms with van der Waals surface area (Å²) < 4.78 is 14.1. The molecule has 0 bridgehead atoms. The Labute approximate surface area is 117 Å². The normalized spacial score (nSPS) is 18.7. The van der Waals surface area contributed by atoms with E-state index >= 15 is 0 Å². The molecule has 18 heavy (non-hydrogen) atoms. The molecule has 1 fully saturated rings. The summed E-state index contributed by atoms with van der Waals surface area (Å²) in [6, 6.07) is 5.93. The predicted octanol–water partition coefficient (Wildman–Crippen LogP) is 4.15. The summed E-state index contributed by atoms with van der Waals surface area (Å²) in [5, 5.41) is 3.56. The Balaban J connectivity index is 1.86. The third-order valence-electron chi connectivity index (χ3n) is 3.76. The molecule has 0 amide bonds. The summed E-state index contributed by atoms with van der Waals surface area (Å²) in [6.45, 7) is 5.59. The summed E-state index contributed by atoms with van der Waals surface area (Å²) in [5.74, 6) is 1.02. The lowest BCUT2D eigenvalue weighted by Gasteiger charge is -2.20. The van der Waals surface area contributed by atoms with Crippen LogP contribution in [-0.4, -0.2) is 12.6 Å². The monoisotopic (exact) mass is 313 g/mol. The Morgan fingerprint density at radius 3 is 2.61 bits per heavy atom. The minimum absolute atomic E-state index is 0.157. The molecule has 1 aromatic rings. The van der Waals surface area contributed by atoms with Crippen LogP contribution < -0.4 is 5.32 Å². The van der Waals surface area contributed by atoms with Gasteiger partial charge in [-0.05, 0) is 61.4 Å². The van der Waals surface area contributed by atoms with E-state index in [9.17, 15) is 4.39 Å². The van der Waals surface area contributed by atoms with E-state index in [1.54, 1.807) is 6.07 Å². The molecule has 0 aromatic heterocycles. The maximum Gasteiger partial charge on any atom is 0.124 e. The maximum atomic E-state index is 13.3. The molecule has 1 aromatic carbocycles. The van der Waals surface area contributed by atoms with Gasteiger partial charge in [0.25, 0.3) is 0 Å². The average molecular weight is 314 g/mol. The Hall–Kier alpha value is -0.410. The molecule has 0 radical (unpaired) electrons. The van der Waals surface area contributed by atoms with Gasteiger partial charge in [0, 0.05) is 10.5 Å². The largest absolute Gasteiger partial charge is 0.314 e. The number of halogens is 2. The Morgan fingerprint density at radius 1 is 1.28 bits per heavy atom. The Bertz CT molecular complexity index is 383. The number of nitrogens with one attached hydrogen (secondary N) is 1. The van der Waals surface area contributed by atoms with Crippen LogP contribution in [0.15, 0.2) is 22.7 Å². The van der Waals surface area contributed by atoms with Gasteiger partial charge in [-0.3, -0.25) is 0 Å². The number of rotatable bonds is 6. The topological polar surface area (TPSA) is 12.0 Å². The molecule has 2 rings (SSSR count). The Morgan fingerprint density at radius 2 is 2.00 bits per heavy atom. The average Bonchev–Trinajstić information content (AvgIpc) is 3.07. The second-order valence-electron chi connectivity index (χ2n) is 5.62. The van der Waals surface area contributed by atoms with Crippen LogP contribution in [-0.2, 0) is 6.42 Å². The van der Waals surface area contributed by atoms with Crippen molar-refractivity contribution in [2.45, 2.75) is 39.2 Å². The van der Waals surface area contributed by atoms with Crippen LogP contribution in [0.2, 0.25) is 0 Å². The molecule has 0 saturated heterocycles. The molecule has 3 heteroatoms. The van der Waals surface area contributed by atoms with E-state index in [0.29, 0.717) is 11.8 Å². The predicted molar refractivity (Wildman–Crippen MR) is 77.2 cm³/mol. The molecular formula is C15H21BrFN. The highest BCUT2D eigenvalue weighted by Gasteiger charge is 2.22. The summed E-state index contributed by atoms with van der Waals surface area (Å²) in [4.78, 5) is 0. The van der Waals surface area contributed by atoms with E-state index < -0.39 is 0 Å². The molecular weight excluding hydrogens is 293 g/mol. The van der Waals surface area contributed by atoms with Gasteiger partial charge in [-0.15, -0.1) is 0 Å². The second-order valence-corrected chi connectivity index (χ2v) is 6.53. The standard InChI is InChI=1S/C15H21BrFN/c1-10(11(2)9-18-15-3-4-15)5-12-6-13(16)8-14(17)7-12/h6-8,10-11,15,18H,3-5,9H2,1-2H3. The minimum atomic E-state index is -0.157. The van der Waals surface area contributed by atoms with Gasteiger partial charge < -0.3 is 5.32 Å². The smallest absolute Gasteiger partial charge is 0.124 e. The number of hydrogen-bond donors (Lipinski definition) is 1. The first-order valence-corrected chi connectivity index (χ1v) is 7.52. The Kier molecular flexibility index (Phi) is 4.79. The van der Waals surface area contributed by atoms with Crippen molar-refractivity contribution < 1.29 is 4.39 Å². The highest BCUT2D eigenvalue weighted by Crippen LogP contribution is 2.23. The zero-order valence-corrected chi connectivity index (χ0v) is 12.6. The van der Waals surface area contributed by atoms with Crippen LogP contribution in [0.5, 0.6) is 0 Å². The summed E-state index contributed by atoms with van der Waals surface area (Å²) in [6.07, 6.45) is 3.60. The third-order valence-corrected chi connectivity index (χ3v) is 4.22. The van der Waals surface area contributed by atoms with Crippen LogP contribution in [0.4, 0.5) is 4.39 Å². The second kappa shape index (κ2) is 6.16. The van der Waals surface area contributed by atoms with Gasteiger partial charge in [0.05, 0.1) is 0 Å². The lowest BCUT2D eigenvalue weighted by Crippen LogP contribution is -2.27. The lowest BCUT2D eigenvalue weighted by atomic mass is 9.89. The zero-order chi connectivity index (χ0) is 13.1. The van der Waals surface area contributed by atoms with Crippen LogP contribution in [0.3, 0.4) is 0 Å². The van der Waals surface area contributed by atoms with E-state index in [0.717, 1.165) is 29.0 Å². The minimum Gasteiger partial charge on any atom is -0.314 e. The fraction of sp³-hybridized carbons (Fsp3) is 0.600. The van der Waals surface area contributed by atoms with Crippen LogP contribution in [0.25, 0.3) is 0 Å². The molecule has 1 nitrogen and oxygen atoms in total. The first-order valence-electron chi connectivity index (χ1n) is 6.73. The number of benzene rings is 1. The van der Waals surface area contributed by atoms with Crippen LogP contribution in [0, 0.1) is 17.7 Å². The third kappa shape index (κ3) is 4.36. The van der Waals surface area contributed by atoms with Crippen molar-refractivity contribution in [2.75, 3.05) is 6.54 Å². The highest BCUT2D eigenvalue weighted by atomic mass is 79.9. The molecule has 1 aliphatic rings. The summed E-state index contributed by atoms with van der Waals surface area (Å²) in [7, 11) is 0. The fourth-order valence-corrected chi connectivity index (χ4v) is 2.66. The van der Waals surface area contributed by atoms with Gasteiger partial charge >= 0.3 is 0 Å². The number of hydrogen-bond acceptors (Lipinski definition) is 1. The van der Waals surface area contributed by atoms with Gasteiger partial charge in [0.1, 0.15) is 5.82 Å². The van der Waals surface area contributed by atoms with Crippen molar-refractivity contribution in [2.24, 2.45) is 11.8 Å². The van der Waals surface area contributed by atoms with E-state index in [-0.39, 0.29) is 5.82 Å². The molecule has 2 unspecified atom stereocenters. The quantitative estimate of drug-likeness (QED) is 0.831. The fourth-order valence-electron chi connectivity index (χ4n) is 2.14. The van der Waals surface area contributed by atoms with E-state index in [4.69, 9.17) is 0 Å². The highest BCUT2D eigenvalue weighted by molar-refractivity contribution is 9.10. The first-order chi connectivity index (χ1) is 8.54. The molecule has 1 saturated carbocycles. The van der Waals surface area contributed by atoms with E-state index in [1.165, 1.54) is 18.9 Å². The van der Waals surface area contributed by atoms with Crippen molar-refractivity contribution >= 4 is 15.9 Å². The molecule has 1 aliphatic carbocycles. The molecule has 0 heterocycles. The molecule has 0 spiro atoms.